The minimum atomic E-state index is -0.852. The number of rotatable bonds is 4. The first-order valence-electron chi connectivity index (χ1n) is 11.9. The molecule has 2 aromatic carbocycles. The number of carboxylic acid groups (broad SMARTS) is 2. The van der Waals surface area contributed by atoms with Gasteiger partial charge in [0.1, 0.15) is 11.5 Å². The van der Waals surface area contributed by atoms with Crippen molar-refractivity contribution in [2.24, 2.45) is 0 Å². The average Bonchev–Trinajstić information content (AvgIpc) is 2.76. The van der Waals surface area contributed by atoms with Crippen LogP contribution in [0.25, 0.3) is 0 Å². The van der Waals surface area contributed by atoms with Crippen molar-refractivity contribution in [3.63, 3.8) is 0 Å². The molecule has 0 radical (unpaired) electrons. The van der Waals surface area contributed by atoms with Crippen molar-refractivity contribution in [2.45, 2.75) is 91.9 Å². The Kier molecular flexibility index (Phi) is 11.5. The maximum Gasteiger partial charge on any atom is 0.310 e. The van der Waals surface area contributed by atoms with E-state index in [0.717, 1.165) is 33.4 Å². The van der Waals surface area contributed by atoms with Crippen LogP contribution in [-0.2, 0) is 20.4 Å². The van der Waals surface area contributed by atoms with E-state index in [1.54, 1.807) is 52.0 Å². The molecule has 2 unspecified atom stereocenters. The van der Waals surface area contributed by atoms with Crippen LogP contribution >= 0.6 is 0 Å². The van der Waals surface area contributed by atoms with Gasteiger partial charge in [0.2, 0.25) is 0 Å². The molecular formula is C30H44O6. The van der Waals surface area contributed by atoms with Gasteiger partial charge in [-0.3, -0.25) is 9.59 Å². The third kappa shape index (κ3) is 8.43. The van der Waals surface area contributed by atoms with E-state index in [2.05, 4.69) is 13.2 Å². The molecule has 2 atom stereocenters. The van der Waals surface area contributed by atoms with Gasteiger partial charge >= 0.3 is 11.9 Å². The van der Waals surface area contributed by atoms with E-state index in [1.807, 2.05) is 41.5 Å². The second kappa shape index (κ2) is 12.6. The summed E-state index contributed by atoms with van der Waals surface area (Å²) in [5.74, 6) is -2.30. The Morgan fingerprint density at radius 1 is 0.667 bits per heavy atom. The summed E-state index contributed by atoms with van der Waals surface area (Å²) in [7, 11) is 0. The summed E-state index contributed by atoms with van der Waals surface area (Å²) < 4.78 is 0. The summed E-state index contributed by atoms with van der Waals surface area (Å²) >= 11 is 0. The smallest absolute Gasteiger partial charge is 0.310 e. The Balaban J connectivity index is 0.000000637. The molecule has 0 aliphatic carbocycles. The lowest BCUT2D eigenvalue weighted by Crippen LogP contribution is -2.14. The molecule has 0 saturated heterocycles. The molecular weight excluding hydrogens is 456 g/mol. The molecule has 0 aliphatic rings. The zero-order chi connectivity index (χ0) is 28.8. The number of carbonyl (C=O) groups is 2. The molecule has 0 spiro atoms. The van der Waals surface area contributed by atoms with Crippen LogP contribution in [0.4, 0.5) is 0 Å². The molecule has 4 N–H and O–H groups in total. The highest BCUT2D eigenvalue weighted by Crippen LogP contribution is 2.37. The van der Waals surface area contributed by atoms with E-state index in [-0.39, 0.29) is 22.3 Å². The Morgan fingerprint density at radius 2 is 0.917 bits per heavy atom. The molecule has 6 heteroatoms. The summed E-state index contributed by atoms with van der Waals surface area (Å²) in [6.45, 7) is 24.9. The fourth-order valence-electron chi connectivity index (χ4n) is 3.54. The normalized spacial score (nSPS) is 12.8. The third-order valence-electron chi connectivity index (χ3n) is 6.00. The molecule has 0 heterocycles. The minimum Gasteiger partial charge on any atom is -0.507 e. The first-order chi connectivity index (χ1) is 16.3. The van der Waals surface area contributed by atoms with E-state index in [1.165, 1.54) is 0 Å². The second-order valence-electron chi connectivity index (χ2n) is 11.1. The van der Waals surface area contributed by atoms with Crippen LogP contribution in [0.3, 0.4) is 0 Å². The summed E-state index contributed by atoms with van der Waals surface area (Å²) in [5.41, 5.74) is 4.09. The first-order valence-corrected chi connectivity index (χ1v) is 11.9. The van der Waals surface area contributed by atoms with Crippen LogP contribution in [0.1, 0.15) is 101 Å². The maximum atomic E-state index is 11.0. The molecule has 0 aliphatic heterocycles. The molecule has 2 aromatic rings. The Bertz CT molecular complexity index is 985. The fraction of sp³-hybridized carbons (Fsp3) is 0.467. The molecule has 36 heavy (non-hydrogen) atoms. The molecule has 0 fully saturated rings. The van der Waals surface area contributed by atoms with Crippen LogP contribution in [0.15, 0.2) is 37.4 Å². The zero-order valence-corrected chi connectivity index (χ0v) is 23.5. The molecule has 0 bridgehead atoms. The minimum absolute atomic E-state index is 0.205. The molecule has 200 valence electrons. The van der Waals surface area contributed by atoms with Crippen LogP contribution in [0, 0.1) is 13.8 Å². The number of hydrogen-bond acceptors (Lipinski definition) is 4. The van der Waals surface area contributed by atoms with Crippen molar-refractivity contribution in [3.05, 3.63) is 70.8 Å². The lowest BCUT2D eigenvalue weighted by molar-refractivity contribution is -0.139. The molecule has 2 rings (SSSR count). The van der Waals surface area contributed by atoms with Gasteiger partial charge in [-0.05, 0) is 71.9 Å². The molecule has 0 saturated carbocycles. The second-order valence-corrected chi connectivity index (χ2v) is 11.1. The van der Waals surface area contributed by atoms with Crippen LogP contribution in [-0.4, -0.2) is 32.4 Å². The van der Waals surface area contributed by atoms with Gasteiger partial charge in [-0.1, -0.05) is 65.8 Å². The van der Waals surface area contributed by atoms with Crippen LogP contribution in [0.5, 0.6) is 11.5 Å². The van der Waals surface area contributed by atoms with Gasteiger partial charge in [-0.2, -0.15) is 0 Å². The summed E-state index contributed by atoms with van der Waals surface area (Å²) in [5, 5.41) is 38.1. The number of aliphatic carboxylic acids is 2. The highest BCUT2D eigenvalue weighted by Gasteiger charge is 2.24. The Hall–Kier alpha value is -3.28. The van der Waals surface area contributed by atoms with E-state index >= 15 is 0 Å². The number of hydrogen-bond donors (Lipinski definition) is 4. The molecule has 0 aromatic heterocycles. The van der Waals surface area contributed by atoms with Crippen molar-refractivity contribution in [1.29, 1.82) is 0 Å². The van der Waals surface area contributed by atoms with Crippen molar-refractivity contribution < 1.29 is 30.0 Å². The van der Waals surface area contributed by atoms with E-state index < -0.39 is 23.8 Å². The largest absolute Gasteiger partial charge is 0.507 e. The Labute approximate surface area is 216 Å². The van der Waals surface area contributed by atoms with E-state index in [4.69, 9.17) is 10.2 Å². The van der Waals surface area contributed by atoms with Crippen molar-refractivity contribution in [2.75, 3.05) is 0 Å². The Morgan fingerprint density at radius 3 is 1.11 bits per heavy atom. The molecule has 6 nitrogen and oxygen atoms in total. The van der Waals surface area contributed by atoms with Crippen LogP contribution < -0.4 is 0 Å². The summed E-state index contributed by atoms with van der Waals surface area (Å²) in [6, 6.07) is 7.06. The van der Waals surface area contributed by atoms with Crippen molar-refractivity contribution >= 4 is 11.9 Å². The fourth-order valence-corrected chi connectivity index (χ4v) is 3.54. The summed E-state index contributed by atoms with van der Waals surface area (Å²) in [4.78, 5) is 22.0. The topological polar surface area (TPSA) is 115 Å². The first kappa shape index (κ1) is 32.7. The molecule has 0 amide bonds. The number of aromatic hydroxyl groups is 2. The number of carboxylic acids is 2. The number of phenolic OH excluding ortho intramolecular Hbond substituents is 2. The van der Waals surface area contributed by atoms with Gasteiger partial charge < -0.3 is 20.4 Å². The highest BCUT2D eigenvalue weighted by molar-refractivity contribution is 5.76. The zero-order valence-electron chi connectivity index (χ0n) is 23.5. The number of phenols is 2. The predicted molar refractivity (Wildman–Crippen MR) is 146 cm³/mol. The van der Waals surface area contributed by atoms with Gasteiger partial charge in [0.05, 0.1) is 11.8 Å². The van der Waals surface area contributed by atoms with Crippen molar-refractivity contribution in [1.82, 2.24) is 0 Å². The van der Waals surface area contributed by atoms with Gasteiger partial charge in [-0.15, -0.1) is 13.2 Å². The lowest BCUT2D eigenvalue weighted by Gasteiger charge is -2.23. The van der Waals surface area contributed by atoms with Crippen LogP contribution in [0.2, 0.25) is 0 Å². The third-order valence-corrected chi connectivity index (χ3v) is 6.00. The van der Waals surface area contributed by atoms with Crippen molar-refractivity contribution in [3.8, 4) is 11.5 Å². The standard InChI is InChI=1S/2C14H20O3.C2H4/c2*1-8-6-10(9(2)13(16)17)7-11(12(8)15)14(3,4)5;1-2/h2*6-7,9,15H,1-5H3,(H,16,17);1-2H2. The highest BCUT2D eigenvalue weighted by atomic mass is 16.4. The number of benzene rings is 2. The summed E-state index contributed by atoms with van der Waals surface area (Å²) in [6.07, 6.45) is 0. The monoisotopic (exact) mass is 500 g/mol. The van der Waals surface area contributed by atoms with Gasteiger partial charge in [0, 0.05) is 0 Å². The van der Waals surface area contributed by atoms with Gasteiger partial charge in [0.25, 0.3) is 0 Å². The van der Waals surface area contributed by atoms with E-state index in [0.29, 0.717) is 0 Å². The average molecular weight is 501 g/mol. The SMILES string of the molecule is C=C.Cc1cc(C(C)C(=O)O)cc(C(C)(C)C)c1O.Cc1cc(C(C)C(=O)O)cc(C(C)(C)C)c1O. The van der Waals surface area contributed by atoms with Gasteiger partial charge in [-0.25, -0.2) is 0 Å². The maximum absolute atomic E-state index is 11.0. The van der Waals surface area contributed by atoms with E-state index in [9.17, 15) is 19.8 Å². The lowest BCUT2D eigenvalue weighted by atomic mass is 9.82. The predicted octanol–water partition coefficient (Wildman–Crippen LogP) is 7.17. The van der Waals surface area contributed by atoms with Gasteiger partial charge in [0.15, 0.2) is 0 Å². The quantitative estimate of drug-likeness (QED) is 0.331. The number of aryl methyl sites for hydroxylation is 2.